The highest BCUT2D eigenvalue weighted by Gasteiger charge is 2.33. The van der Waals surface area contributed by atoms with E-state index in [-0.39, 0.29) is 30.9 Å². The fourth-order valence-corrected chi connectivity index (χ4v) is 5.49. The molecule has 1 aromatic heterocycles. The van der Waals surface area contributed by atoms with Gasteiger partial charge in [0.1, 0.15) is 11.9 Å². The number of ether oxygens (including phenoxy) is 1. The van der Waals surface area contributed by atoms with E-state index in [9.17, 15) is 19.1 Å². The summed E-state index contributed by atoms with van der Waals surface area (Å²) in [6.45, 7) is 0.382. The maximum absolute atomic E-state index is 14.8. The van der Waals surface area contributed by atoms with E-state index in [4.69, 9.17) is 16.3 Å². The minimum atomic E-state index is -0.562. The summed E-state index contributed by atoms with van der Waals surface area (Å²) in [5.41, 5.74) is 1.05. The molecule has 2 aromatic rings. The highest BCUT2D eigenvalue weighted by molar-refractivity contribution is 7.18. The first-order chi connectivity index (χ1) is 15.9. The molecule has 2 amide bonds. The summed E-state index contributed by atoms with van der Waals surface area (Å²) in [7, 11) is 0. The van der Waals surface area contributed by atoms with Gasteiger partial charge >= 0.3 is 6.09 Å². The lowest BCUT2D eigenvalue weighted by Gasteiger charge is -2.17. The highest BCUT2D eigenvalue weighted by Crippen LogP contribution is 2.29. The van der Waals surface area contributed by atoms with Crippen LogP contribution < -0.4 is 10.2 Å². The van der Waals surface area contributed by atoms with Gasteiger partial charge in [-0.3, -0.25) is 9.69 Å². The van der Waals surface area contributed by atoms with Crippen molar-refractivity contribution in [1.82, 2.24) is 5.32 Å². The molecule has 3 unspecified atom stereocenters. The first kappa shape index (κ1) is 24.0. The second-order valence-electron chi connectivity index (χ2n) is 8.78. The number of benzene rings is 1. The van der Waals surface area contributed by atoms with Gasteiger partial charge in [0, 0.05) is 0 Å². The molecular weight excluding hydrogens is 467 g/mol. The van der Waals surface area contributed by atoms with E-state index in [2.05, 4.69) is 5.32 Å². The molecule has 1 aliphatic heterocycles. The van der Waals surface area contributed by atoms with E-state index in [1.165, 1.54) is 22.3 Å². The van der Waals surface area contributed by atoms with Crippen LogP contribution in [-0.2, 0) is 11.2 Å². The second-order valence-corrected chi connectivity index (χ2v) is 10.5. The molecule has 0 bridgehead atoms. The van der Waals surface area contributed by atoms with Crippen LogP contribution in [-0.4, -0.2) is 42.4 Å². The van der Waals surface area contributed by atoms with Crippen LogP contribution in [0.3, 0.4) is 0 Å². The van der Waals surface area contributed by atoms with E-state index in [1.54, 1.807) is 24.3 Å². The number of hydrogen-bond acceptors (Lipinski definition) is 5. The first-order valence-electron chi connectivity index (χ1n) is 11.4. The van der Waals surface area contributed by atoms with Crippen molar-refractivity contribution in [3.63, 3.8) is 0 Å². The van der Waals surface area contributed by atoms with Crippen molar-refractivity contribution in [2.75, 3.05) is 18.0 Å². The monoisotopic (exact) mass is 494 g/mol. The number of hydrogen-bond donors (Lipinski definition) is 2. The number of amides is 2. The average Bonchev–Trinajstić information content (AvgIpc) is 3.32. The van der Waals surface area contributed by atoms with Crippen LogP contribution in [0.15, 0.2) is 30.3 Å². The number of aryl methyl sites for hydroxylation is 1. The summed E-state index contributed by atoms with van der Waals surface area (Å²) in [5, 5.41) is 12.7. The fourth-order valence-electron chi connectivity index (χ4n) is 4.53. The predicted octanol–water partition coefficient (Wildman–Crippen LogP) is 5.17. The molecular formula is C24H28ClFN2O4S. The fraction of sp³-hybridized carbons (Fsp3) is 0.500. The number of thiophene rings is 1. The topological polar surface area (TPSA) is 78.9 Å². The molecule has 1 aromatic carbocycles. The number of aliphatic hydroxyl groups is 1. The average molecular weight is 495 g/mol. The Balaban J connectivity index is 1.30. The number of cyclic esters (lactones) is 1. The molecule has 0 radical (unpaired) electrons. The minimum Gasteiger partial charge on any atom is -0.442 e. The zero-order chi connectivity index (χ0) is 23.4. The second kappa shape index (κ2) is 10.8. The van der Waals surface area contributed by atoms with Gasteiger partial charge in [0.25, 0.3) is 5.91 Å². The molecule has 33 heavy (non-hydrogen) atoms. The lowest BCUT2D eigenvalue weighted by atomic mass is 9.92. The van der Waals surface area contributed by atoms with E-state index in [0.717, 1.165) is 38.5 Å². The van der Waals surface area contributed by atoms with Gasteiger partial charge in [-0.05, 0) is 61.4 Å². The number of anilines is 1. The SMILES string of the molecule is O=C(NCC1CN(c2ccc(CCC3CCCCC(O)C3)c(F)c2)C(=O)O1)c1ccc(Cl)s1. The molecule has 178 valence electrons. The number of nitrogens with one attached hydrogen (secondary N) is 1. The third kappa shape index (κ3) is 6.25. The summed E-state index contributed by atoms with van der Waals surface area (Å²) in [6, 6.07) is 8.11. The van der Waals surface area contributed by atoms with Gasteiger partial charge in [-0.2, -0.15) is 0 Å². The molecule has 6 nitrogen and oxygen atoms in total. The summed E-state index contributed by atoms with van der Waals surface area (Å²) in [4.78, 5) is 26.4. The molecule has 3 atom stereocenters. The standard InChI is InChI=1S/C24H28ClFN2O4S/c25-22-10-9-21(33-22)23(30)27-13-19-14-28(24(31)32-19)17-8-7-16(20(26)12-17)6-5-15-3-1-2-4-18(29)11-15/h7-10,12,15,18-19,29H,1-6,11,13-14H2,(H,27,30). The highest BCUT2D eigenvalue weighted by atomic mass is 35.5. The van der Waals surface area contributed by atoms with Crippen LogP contribution in [0.1, 0.15) is 53.8 Å². The summed E-state index contributed by atoms with van der Waals surface area (Å²) in [6.07, 6.45) is 5.01. The Hall–Kier alpha value is -2.16. The largest absolute Gasteiger partial charge is 0.442 e. The maximum atomic E-state index is 14.8. The maximum Gasteiger partial charge on any atom is 0.414 e. The molecule has 9 heteroatoms. The van der Waals surface area contributed by atoms with Gasteiger partial charge in [-0.25, -0.2) is 9.18 Å². The van der Waals surface area contributed by atoms with Crippen molar-refractivity contribution >= 4 is 40.6 Å². The lowest BCUT2D eigenvalue weighted by Crippen LogP contribution is -2.34. The van der Waals surface area contributed by atoms with Gasteiger partial charge in [-0.15, -0.1) is 11.3 Å². The van der Waals surface area contributed by atoms with Crippen molar-refractivity contribution in [2.45, 2.75) is 57.2 Å². The number of carbonyl (C=O) groups excluding carboxylic acids is 2. The minimum absolute atomic E-state index is 0.157. The van der Waals surface area contributed by atoms with E-state index in [1.807, 2.05) is 0 Å². The molecule has 2 heterocycles. The van der Waals surface area contributed by atoms with Crippen LogP contribution >= 0.6 is 22.9 Å². The van der Waals surface area contributed by atoms with Gasteiger partial charge in [0.2, 0.25) is 0 Å². The smallest absolute Gasteiger partial charge is 0.414 e. The molecule has 1 saturated heterocycles. The number of halogens is 2. The molecule has 2 fully saturated rings. The lowest BCUT2D eigenvalue weighted by molar-refractivity contribution is 0.0920. The first-order valence-corrected chi connectivity index (χ1v) is 12.6. The van der Waals surface area contributed by atoms with Gasteiger partial charge in [0.05, 0.1) is 34.1 Å². The van der Waals surface area contributed by atoms with E-state index in [0.29, 0.717) is 32.8 Å². The van der Waals surface area contributed by atoms with Gasteiger partial charge in [-0.1, -0.05) is 36.9 Å². The zero-order valence-corrected chi connectivity index (χ0v) is 19.8. The molecule has 1 saturated carbocycles. The van der Waals surface area contributed by atoms with Crippen LogP contribution in [0.5, 0.6) is 0 Å². The van der Waals surface area contributed by atoms with E-state index < -0.39 is 12.2 Å². The van der Waals surface area contributed by atoms with E-state index >= 15 is 0 Å². The van der Waals surface area contributed by atoms with Crippen molar-refractivity contribution in [1.29, 1.82) is 0 Å². The van der Waals surface area contributed by atoms with Crippen LogP contribution in [0.25, 0.3) is 0 Å². The van der Waals surface area contributed by atoms with Crippen molar-refractivity contribution < 1.29 is 23.8 Å². The Kier molecular flexibility index (Phi) is 7.88. The molecule has 0 spiro atoms. The number of nitrogens with zero attached hydrogens (tertiary/aromatic N) is 1. The molecule has 1 aliphatic carbocycles. The Morgan fingerprint density at radius 3 is 2.85 bits per heavy atom. The predicted molar refractivity (Wildman–Crippen MR) is 127 cm³/mol. The molecule has 2 aliphatic rings. The number of aliphatic hydroxyl groups excluding tert-OH is 1. The van der Waals surface area contributed by atoms with Gasteiger partial charge < -0.3 is 15.2 Å². The van der Waals surface area contributed by atoms with Crippen molar-refractivity contribution in [3.05, 3.63) is 50.9 Å². The number of carbonyl (C=O) groups is 2. The van der Waals surface area contributed by atoms with Crippen LogP contribution in [0, 0.1) is 11.7 Å². The van der Waals surface area contributed by atoms with Crippen molar-refractivity contribution in [2.24, 2.45) is 5.92 Å². The Bertz CT molecular complexity index is 1000. The Morgan fingerprint density at radius 1 is 1.27 bits per heavy atom. The van der Waals surface area contributed by atoms with Crippen molar-refractivity contribution in [3.8, 4) is 0 Å². The zero-order valence-electron chi connectivity index (χ0n) is 18.3. The van der Waals surface area contributed by atoms with Gasteiger partial charge in [0.15, 0.2) is 0 Å². The Morgan fingerprint density at radius 2 is 2.09 bits per heavy atom. The molecule has 4 rings (SSSR count). The summed E-state index contributed by atoms with van der Waals surface area (Å²) >= 11 is 7.03. The summed E-state index contributed by atoms with van der Waals surface area (Å²) < 4.78 is 20.7. The number of rotatable bonds is 7. The molecule has 2 N–H and O–H groups in total. The van der Waals surface area contributed by atoms with Crippen LogP contribution in [0.4, 0.5) is 14.9 Å². The Labute approximate surface area is 201 Å². The quantitative estimate of drug-likeness (QED) is 0.520. The third-order valence-electron chi connectivity index (χ3n) is 6.34. The summed E-state index contributed by atoms with van der Waals surface area (Å²) in [5.74, 6) is -0.213. The third-order valence-corrected chi connectivity index (χ3v) is 7.57. The van der Waals surface area contributed by atoms with Crippen LogP contribution in [0.2, 0.25) is 4.34 Å². The normalized spacial score (nSPS) is 23.3.